The molecule has 1 aromatic rings. The zero-order valence-corrected chi connectivity index (χ0v) is 11.5. The summed E-state index contributed by atoms with van der Waals surface area (Å²) in [6, 6.07) is 9.18. The summed E-state index contributed by atoms with van der Waals surface area (Å²) in [5.41, 5.74) is 1.62. The number of esters is 1. The molecule has 0 amide bonds. The van der Waals surface area contributed by atoms with Crippen LogP contribution >= 0.6 is 0 Å². The van der Waals surface area contributed by atoms with E-state index in [1.54, 1.807) is 13.0 Å². The molecule has 1 rings (SSSR count). The van der Waals surface area contributed by atoms with Crippen LogP contribution in [0.5, 0.6) is 0 Å². The molecule has 1 aromatic carbocycles. The number of hydrogen-bond donors (Lipinski definition) is 1. The van der Waals surface area contributed by atoms with Gasteiger partial charge in [0.2, 0.25) is 0 Å². The van der Waals surface area contributed by atoms with E-state index in [0.29, 0.717) is 18.7 Å². The molecule has 0 bridgehead atoms. The molecule has 1 atom stereocenters. The maximum absolute atomic E-state index is 11.7. The molecule has 0 aliphatic carbocycles. The van der Waals surface area contributed by atoms with Crippen molar-refractivity contribution in [3.8, 4) is 6.07 Å². The van der Waals surface area contributed by atoms with Gasteiger partial charge in [-0.05, 0) is 31.0 Å². The third kappa shape index (κ3) is 5.11. The predicted octanol–water partition coefficient (Wildman–Crippen LogP) is 2.38. The summed E-state index contributed by atoms with van der Waals surface area (Å²) in [7, 11) is 0. The lowest BCUT2D eigenvalue weighted by atomic mass is 10.1. The first-order valence-electron chi connectivity index (χ1n) is 6.60. The zero-order valence-electron chi connectivity index (χ0n) is 11.5. The summed E-state index contributed by atoms with van der Waals surface area (Å²) in [5, 5.41) is 12.0. The Labute approximate surface area is 114 Å². The largest absolute Gasteiger partial charge is 0.465 e. The molecule has 1 unspecified atom stereocenters. The third-order valence-corrected chi connectivity index (χ3v) is 2.76. The lowest BCUT2D eigenvalue weighted by Gasteiger charge is -2.16. The fourth-order valence-electron chi connectivity index (χ4n) is 1.83. The molecule has 0 heterocycles. The minimum Gasteiger partial charge on any atom is -0.465 e. The molecule has 102 valence electrons. The highest BCUT2D eigenvalue weighted by molar-refractivity contribution is 5.75. The fourth-order valence-corrected chi connectivity index (χ4v) is 1.83. The first kappa shape index (κ1) is 15.2. The molecule has 0 saturated heterocycles. The Balaban J connectivity index is 2.60. The molecule has 1 N–H and O–H groups in total. The van der Waals surface area contributed by atoms with Crippen LogP contribution in [-0.4, -0.2) is 18.6 Å². The second kappa shape index (κ2) is 8.28. The summed E-state index contributed by atoms with van der Waals surface area (Å²) >= 11 is 0. The van der Waals surface area contributed by atoms with Crippen LogP contribution < -0.4 is 5.32 Å². The first-order chi connectivity index (χ1) is 9.21. The van der Waals surface area contributed by atoms with Crippen molar-refractivity contribution in [2.45, 2.75) is 39.3 Å². The number of benzene rings is 1. The number of nitrogens with zero attached hydrogens (tertiary/aromatic N) is 1. The maximum Gasteiger partial charge on any atom is 0.323 e. The highest BCUT2D eigenvalue weighted by Gasteiger charge is 2.17. The van der Waals surface area contributed by atoms with Crippen LogP contribution in [0.1, 0.15) is 37.8 Å². The molecule has 19 heavy (non-hydrogen) atoms. The van der Waals surface area contributed by atoms with Gasteiger partial charge in [0.05, 0.1) is 18.2 Å². The number of nitrogens with one attached hydrogen (secondary N) is 1. The molecule has 4 nitrogen and oxygen atoms in total. The Bertz CT molecular complexity index is 452. The van der Waals surface area contributed by atoms with E-state index in [1.807, 2.05) is 25.1 Å². The number of ether oxygens (including phenoxy) is 1. The molecule has 0 fully saturated rings. The molecule has 0 aliphatic heterocycles. The van der Waals surface area contributed by atoms with Crippen molar-refractivity contribution in [3.63, 3.8) is 0 Å². The lowest BCUT2D eigenvalue weighted by molar-refractivity contribution is -0.145. The standard InChI is InChI=1S/C15H20N2O2/c1-3-6-14(15(18)19-4-2)17-11-13-8-5-7-12(9-13)10-16/h5,7-9,14,17H,3-4,6,11H2,1-2H3. The van der Waals surface area contributed by atoms with Crippen LogP contribution in [0, 0.1) is 11.3 Å². The summed E-state index contributed by atoms with van der Waals surface area (Å²) in [5.74, 6) is -0.208. The molecular weight excluding hydrogens is 240 g/mol. The van der Waals surface area contributed by atoms with E-state index in [9.17, 15) is 4.79 Å². The second-order valence-corrected chi connectivity index (χ2v) is 4.29. The molecule has 0 saturated carbocycles. The quantitative estimate of drug-likeness (QED) is 0.765. The average Bonchev–Trinajstić information content (AvgIpc) is 2.44. The molecular formula is C15H20N2O2. The molecule has 0 aliphatic rings. The van der Waals surface area contributed by atoms with Crippen LogP contribution in [0.3, 0.4) is 0 Å². The summed E-state index contributed by atoms with van der Waals surface area (Å²) < 4.78 is 5.04. The van der Waals surface area contributed by atoms with E-state index in [4.69, 9.17) is 10.00 Å². The van der Waals surface area contributed by atoms with E-state index in [-0.39, 0.29) is 12.0 Å². The van der Waals surface area contributed by atoms with Crippen molar-refractivity contribution in [2.75, 3.05) is 6.61 Å². The summed E-state index contributed by atoms with van der Waals surface area (Å²) in [6.45, 7) is 4.78. The van der Waals surface area contributed by atoms with E-state index in [2.05, 4.69) is 11.4 Å². The smallest absolute Gasteiger partial charge is 0.323 e. The van der Waals surface area contributed by atoms with Crippen molar-refractivity contribution in [2.24, 2.45) is 0 Å². The van der Waals surface area contributed by atoms with Gasteiger partial charge < -0.3 is 10.1 Å². The van der Waals surface area contributed by atoms with Crippen LogP contribution in [-0.2, 0) is 16.1 Å². The fraction of sp³-hybridized carbons (Fsp3) is 0.467. The van der Waals surface area contributed by atoms with Gasteiger partial charge in [0.15, 0.2) is 0 Å². The van der Waals surface area contributed by atoms with Gasteiger partial charge in [0.1, 0.15) is 6.04 Å². The summed E-state index contributed by atoms with van der Waals surface area (Å²) in [4.78, 5) is 11.7. The monoisotopic (exact) mass is 260 g/mol. The third-order valence-electron chi connectivity index (χ3n) is 2.76. The lowest BCUT2D eigenvalue weighted by Crippen LogP contribution is -2.37. The van der Waals surface area contributed by atoms with Crippen molar-refractivity contribution in [1.29, 1.82) is 5.26 Å². The van der Waals surface area contributed by atoms with E-state index >= 15 is 0 Å². The van der Waals surface area contributed by atoms with Gasteiger partial charge >= 0.3 is 5.97 Å². The zero-order chi connectivity index (χ0) is 14.1. The highest BCUT2D eigenvalue weighted by Crippen LogP contribution is 2.06. The molecule has 0 spiro atoms. The average molecular weight is 260 g/mol. The van der Waals surface area contributed by atoms with Crippen molar-refractivity contribution in [3.05, 3.63) is 35.4 Å². The molecule has 4 heteroatoms. The van der Waals surface area contributed by atoms with E-state index < -0.39 is 0 Å². The van der Waals surface area contributed by atoms with Crippen molar-refractivity contribution < 1.29 is 9.53 Å². The Hall–Kier alpha value is -1.86. The Morgan fingerprint density at radius 3 is 2.89 bits per heavy atom. The van der Waals surface area contributed by atoms with Gasteiger partial charge in [-0.25, -0.2) is 0 Å². The SMILES string of the molecule is CCCC(NCc1cccc(C#N)c1)C(=O)OCC. The van der Waals surface area contributed by atoms with Crippen molar-refractivity contribution >= 4 is 5.97 Å². The number of carbonyl (C=O) groups excluding carboxylic acids is 1. The van der Waals surface area contributed by atoms with Gasteiger partial charge in [-0.2, -0.15) is 5.26 Å². The van der Waals surface area contributed by atoms with Crippen LogP contribution in [0.4, 0.5) is 0 Å². The molecule has 0 aromatic heterocycles. The van der Waals surface area contributed by atoms with Gasteiger partial charge in [-0.1, -0.05) is 25.5 Å². The first-order valence-corrected chi connectivity index (χ1v) is 6.60. The second-order valence-electron chi connectivity index (χ2n) is 4.29. The maximum atomic E-state index is 11.7. The minimum atomic E-state index is -0.282. The number of rotatable bonds is 7. The van der Waals surface area contributed by atoms with Crippen molar-refractivity contribution in [1.82, 2.24) is 5.32 Å². The van der Waals surface area contributed by atoms with Gasteiger partial charge in [0.25, 0.3) is 0 Å². The number of carbonyl (C=O) groups is 1. The Kier molecular flexibility index (Phi) is 6.62. The predicted molar refractivity (Wildman–Crippen MR) is 73.3 cm³/mol. The topological polar surface area (TPSA) is 62.1 Å². The normalized spacial score (nSPS) is 11.6. The molecule has 0 radical (unpaired) electrons. The van der Waals surface area contributed by atoms with Crippen LogP contribution in [0.15, 0.2) is 24.3 Å². The van der Waals surface area contributed by atoms with Gasteiger partial charge in [0, 0.05) is 6.54 Å². The summed E-state index contributed by atoms with van der Waals surface area (Å²) in [6.07, 6.45) is 1.66. The number of hydrogen-bond acceptors (Lipinski definition) is 4. The number of nitriles is 1. The van der Waals surface area contributed by atoms with Crippen LogP contribution in [0.2, 0.25) is 0 Å². The van der Waals surface area contributed by atoms with E-state index in [0.717, 1.165) is 18.4 Å². The van der Waals surface area contributed by atoms with E-state index in [1.165, 1.54) is 0 Å². The minimum absolute atomic E-state index is 0.208. The Morgan fingerprint density at radius 1 is 1.47 bits per heavy atom. The van der Waals surface area contributed by atoms with Crippen LogP contribution in [0.25, 0.3) is 0 Å². The Morgan fingerprint density at radius 2 is 2.26 bits per heavy atom. The highest BCUT2D eigenvalue weighted by atomic mass is 16.5. The van der Waals surface area contributed by atoms with Gasteiger partial charge in [-0.15, -0.1) is 0 Å². The van der Waals surface area contributed by atoms with Gasteiger partial charge in [-0.3, -0.25) is 4.79 Å².